The Kier molecular flexibility index (Phi) is 7.13. The van der Waals surface area contributed by atoms with Crippen LogP contribution in [0.5, 0.6) is 5.75 Å². The van der Waals surface area contributed by atoms with E-state index in [0.717, 1.165) is 11.3 Å². The van der Waals surface area contributed by atoms with Crippen LogP contribution in [0.2, 0.25) is 5.02 Å². The van der Waals surface area contributed by atoms with Gasteiger partial charge in [-0.25, -0.2) is 8.42 Å². The summed E-state index contributed by atoms with van der Waals surface area (Å²) in [6.45, 7) is 1.61. The number of hydrogen-bond donors (Lipinski definition) is 1. The predicted molar refractivity (Wildman–Crippen MR) is 110 cm³/mol. The van der Waals surface area contributed by atoms with Crippen molar-refractivity contribution in [2.45, 2.75) is 11.3 Å². The minimum Gasteiger partial charge on any atom is -0.497 e. The Labute approximate surface area is 175 Å². The molecule has 1 saturated heterocycles. The Bertz CT molecular complexity index is 957. The van der Waals surface area contributed by atoms with Gasteiger partial charge in [0.25, 0.3) is 5.91 Å². The number of ether oxygens (including phenoxy) is 2. The Morgan fingerprint density at radius 2 is 1.86 bits per heavy atom. The van der Waals surface area contributed by atoms with Crippen molar-refractivity contribution in [2.75, 3.05) is 40.0 Å². The minimum atomic E-state index is -3.79. The van der Waals surface area contributed by atoms with Gasteiger partial charge in [0.05, 0.1) is 25.3 Å². The number of rotatable bonds is 7. The average Bonchev–Trinajstić information content (AvgIpc) is 2.75. The van der Waals surface area contributed by atoms with Crippen LogP contribution >= 0.6 is 11.6 Å². The third-order valence-electron chi connectivity index (χ3n) is 4.64. The molecule has 0 unspecified atom stereocenters. The monoisotopic (exact) mass is 438 g/mol. The second-order valence-electron chi connectivity index (χ2n) is 6.52. The van der Waals surface area contributed by atoms with Crippen LogP contribution in [0, 0.1) is 0 Å². The summed E-state index contributed by atoms with van der Waals surface area (Å²) >= 11 is 6.13. The van der Waals surface area contributed by atoms with E-state index in [0.29, 0.717) is 26.2 Å². The molecule has 29 heavy (non-hydrogen) atoms. The van der Waals surface area contributed by atoms with E-state index in [2.05, 4.69) is 5.32 Å². The van der Waals surface area contributed by atoms with Crippen molar-refractivity contribution < 1.29 is 22.7 Å². The van der Waals surface area contributed by atoms with Gasteiger partial charge in [0, 0.05) is 25.2 Å². The molecule has 1 N–H and O–H groups in total. The molecule has 3 rings (SSSR count). The first kappa shape index (κ1) is 21.6. The van der Waals surface area contributed by atoms with Crippen LogP contribution < -0.4 is 10.1 Å². The Morgan fingerprint density at radius 3 is 2.52 bits per heavy atom. The van der Waals surface area contributed by atoms with Gasteiger partial charge in [-0.2, -0.15) is 4.31 Å². The first-order chi connectivity index (χ1) is 13.9. The van der Waals surface area contributed by atoms with Crippen molar-refractivity contribution in [1.29, 1.82) is 0 Å². The number of carbonyl (C=O) groups is 1. The molecule has 2 aromatic carbocycles. The van der Waals surface area contributed by atoms with Crippen LogP contribution in [0.25, 0.3) is 0 Å². The minimum absolute atomic E-state index is 0.0659. The molecule has 1 amide bonds. The fourth-order valence-corrected chi connectivity index (χ4v) is 4.89. The molecule has 1 heterocycles. The van der Waals surface area contributed by atoms with Gasteiger partial charge in [0.2, 0.25) is 10.0 Å². The summed E-state index contributed by atoms with van der Waals surface area (Å²) in [5.41, 5.74) is 1.30. The summed E-state index contributed by atoms with van der Waals surface area (Å²) in [5, 5.41) is 2.90. The number of halogens is 1. The molecule has 0 atom stereocenters. The number of morpholine rings is 1. The summed E-state index contributed by atoms with van der Waals surface area (Å²) in [6.07, 6.45) is 0.641. The van der Waals surface area contributed by atoms with Crippen LogP contribution in [-0.4, -0.2) is 58.6 Å². The first-order valence-electron chi connectivity index (χ1n) is 9.20. The Balaban J connectivity index is 1.67. The summed E-state index contributed by atoms with van der Waals surface area (Å²) in [5.74, 6) is 0.418. The molecule has 1 aliphatic rings. The zero-order valence-corrected chi connectivity index (χ0v) is 17.6. The zero-order chi connectivity index (χ0) is 20.9. The molecule has 0 saturated carbocycles. The van der Waals surface area contributed by atoms with E-state index in [9.17, 15) is 13.2 Å². The highest BCUT2D eigenvalue weighted by Gasteiger charge is 2.29. The van der Waals surface area contributed by atoms with Crippen LogP contribution in [-0.2, 0) is 21.2 Å². The Morgan fingerprint density at radius 1 is 1.17 bits per heavy atom. The maximum Gasteiger partial charge on any atom is 0.251 e. The molecule has 0 spiro atoms. The van der Waals surface area contributed by atoms with Crippen LogP contribution in [0.1, 0.15) is 15.9 Å². The van der Waals surface area contributed by atoms with E-state index >= 15 is 0 Å². The number of nitrogens with zero attached hydrogens (tertiary/aromatic N) is 1. The zero-order valence-electron chi connectivity index (χ0n) is 16.1. The second-order valence-corrected chi connectivity index (χ2v) is 8.83. The van der Waals surface area contributed by atoms with Crippen molar-refractivity contribution in [1.82, 2.24) is 9.62 Å². The summed E-state index contributed by atoms with van der Waals surface area (Å²) in [6, 6.07) is 11.9. The highest BCUT2D eigenvalue weighted by atomic mass is 35.5. The van der Waals surface area contributed by atoms with Gasteiger partial charge in [0.1, 0.15) is 10.6 Å². The number of sulfonamides is 1. The largest absolute Gasteiger partial charge is 0.497 e. The highest BCUT2D eigenvalue weighted by Crippen LogP contribution is 2.26. The van der Waals surface area contributed by atoms with Gasteiger partial charge in [-0.05, 0) is 42.3 Å². The van der Waals surface area contributed by atoms with E-state index in [4.69, 9.17) is 21.1 Å². The quantitative estimate of drug-likeness (QED) is 0.717. The van der Waals surface area contributed by atoms with Gasteiger partial charge < -0.3 is 14.8 Å². The standard InChI is InChI=1S/C20H23ClN2O5S/c1-27-17-5-2-15(3-6-17)8-9-22-20(24)16-4-7-18(21)19(14-16)29(25,26)23-10-12-28-13-11-23/h2-7,14H,8-13H2,1H3,(H,22,24). The lowest BCUT2D eigenvalue weighted by Gasteiger charge is -2.26. The van der Waals surface area contributed by atoms with Gasteiger partial charge in [-0.15, -0.1) is 0 Å². The van der Waals surface area contributed by atoms with Gasteiger partial charge >= 0.3 is 0 Å². The average molecular weight is 439 g/mol. The maximum atomic E-state index is 12.9. The van der Waals surface area contributed by atoms with Crippen LogP contribution in [0.4, 0.5) is 0 Å². The lowest BCUT2D eigenvalue weighted by atomic mass is 10.1. The summed E-state index contributed by atoms with van der Waals surface area (Å²) in [4.78, 5) is 12.4. The van der Waals surface area contributed by atoms with Crippen molar-refractivity contribution >= 4 is 27.5 Å². The normalized spacial score (nSPS) is 15.1. The molecular weight excluding hydrogens is 416 g/mol. The number of carbonyl (C=O) groups excluding carboxylic acids is 1. The van der Waals surface area contributed by atoms with Gasteiger partial charge in [0.15, 0.2) is 0 Å². The van der Waals surface area contributed by atoms with Gasteiger partial charge in [-0.3, -0.25) is 4.79 Å². The van der Waals surface area contributed by atoms with E-state index in [-0.39, 0.29) is 34.5 Å². The number of methoxy groups -OCH3 is 1. The van der Waals surface area contributed by atoms with Crippen molar-refractivity contribution in [3.05, 3.63) is 58.6 Å². The molecule has 0 aliphatic carbocycles. The maximum absolute atomic E-state index is 12.9. The van der Waals surface area contributed by atoms with Crippen LogP contribution in [0.3, 0.4) is 0 Å². The lowest BCUT2D eigenvalue weighted by Crippen LogP contribution is -2.40. The molecule has 0 radical (unpaired) electrons. The topological polar surface area (TPSA) is 84.9 Å². The van der Waals surface area contributed by atoms with Crippen molar-refractivity contribution in [3.8, 4) is 5.75 Å². The summed E-state index contributed by atoms with van der Waals surface area (Å²) in [7, 11) is -2.18. The van der Waals surface area contributed by atoms with Gasteiger partial charge in [-0.1, -0.05) is 23.7 Å². The lowest BCUT2D eigenvalue weighted by molar-refractivity contribution is 0.0730. The molecule has 2 aromatic rings. The number of hydrogen-bond acceptors (Lipinski definition) is 5. The molecule has 0 bridgehead atoms. The Hall–Kier alpha value is -2.13. The molecular formula is C20H23ClN2O5S. The highest BCUT2D eigenvalue weighted by molar-refractivity contribution is 7.89. The third-order valence-corrected chi connectivity index (χ3v) is 7.02. The number of benzene rings is 2. The molecule has 1 aliphatic heterocycles. The third kappa shape index (κ3) is 5.27. The number of amides is 1. The predicted octanol–water partition coefficient (Wildman–Crippen LogP) is 2.34. The number of nitrogens with one attached hydrogen (secondary N) is 1. The first-order valence-corrected chi connectivity index (χ1v) is 11.0. The fraction of sp³-hybridized carbons (Fsp3) is 0.350. The molecule has 7 nitrogen and oxygen atoms in total. The summed E-state index contributed by atoms with van der Waals surface area (Å²) < 4.78 is 37.4. The van der Waals surface area contributed by atoms with Crippen molar-refractivity contribution in [2.24, 2.45) is 0 Å². The van der Waals surface area contributed by atoms with E-state index in [1.807, 2.05) is 24.3 Å². The molecule has 1 fully saturated rings. The van der Waals surface area contributed by atoms with Crippen molar-refractivity contribution in [3.63, 3.8) is 0 Å². The van der Waals surface area contributed by atoms with Crippen LogP contribution in [0.15, 0.2) is 47.4 Å². The molecule has 9 heteroatoms. The fourth-order valence-electron chi connectivity index (χ4n) is 2.98. The molecule has 156 valence electrons. The molecule has 0 aromatic heterocycles. The van der Waals surface area contributed by atoms with E-state index in [1.54, 1.807) is 7.11 Å². The SMILES string of the molecule is COc1ccc(CCNC(=O)c2ccc(Cl)c(S(=O)(=O)N3CCOCC3)c2)cc1. The van der Waals surface area contributed by atoms with E-state index < -0.39 is 10.0 Å². The second kappa shape index (κ2) is 9.58. The smallest absolute Gasteiger partial charge is 0.251 e. The van der Waals surface area contributed by atoms with E-state index in [1.165, 1.54) is 22.5 Å².